The Morgan fingerprint density at radius 3 is 2.00 bits per heavy atom. The maximum Gasteiger partial charge on any atom is 0.346 e. The van der Waals surface area contributed by atoms with Crippen LogP contribution in [0.2, 0.25) is 0 Å². The molecule has 0 atom stereocenters. The number of rotatable bonds is 6. The van der Waals surface area contributed by atoms with Crippen LogP contribution < -0.4 is 0 Å². The quantitative estimate of drug-likeness (QED) is 0.413. The van der Waals surface area contributed by atoms with Gasteiger partial charge >= 0.3 is 18.0 Å². The van der Waals surface area contributed by atoms with Crippen LogP contribution in [0.15, 0.2) is 5.16 Å². The summed E-state index contributed by atoms with van der Waals surface area (Å²) in [5, 5.41) is 3.09. The van der Waals surface area contributed by atoms with E-state index in [9.17, 15) is 14.4 Å². The van der Waals surface area contributed by atoms with Gasteiger partial charge in [0.25, 0.3) is 0 Å². The lowest BCUT2D eigenvalue weighted by atomic mass is 9.96. The van der Waals surface area contributed by atoms with Crippen LogP contribution in [0.5, 0.6) is 0 Å². The number of hydrogen-bond acceptors (Lipinski definition) is 8. The van der Waals surface area contributed by atoms with Crippen LogP contribution in [-0.4, -0.2) is 70.2 Å². The number of esters is 2. The summed E-state index contributed by atoms with van der Waals surface area (Å²) in [5.74, 6) is -1.08. The zero-order valence-corrected chi connectivity index (χ0v) is 17.0. The number of carbonyl (C=O) groups is 3. The predicted molar refractivity (Wildman–Crippen MR) is 96.1 cm³/mol. The molecule has 0 unspecified atom stereocenters. The van der Waals surface area contributed by atoms with Crippen LogP contribution in [0.3, 0.4) is 0 Å². The highest BCUT2D eigenvalue weighted by atomic mass is 32.2. The summed E-state index contributed by atoms with van der Waals surface area (Å²) in [6.07, 6.45) is 0. The summed E-state index contributed by atoms with van der Waals surface area (Å²) in [4.78, 5) is 42.5. The van der Waals surface area contributed by atoms with E-state index in [0.29, 0.717) is 5.82 Å². The first kappa shape index (κ1) is 21.9. The first-order chi connectivity index (χ1) is 12.0. The Balaban J connectivity index is 3.31. The van der Waals surface area contributed by atoms with Gasteiger partial charge < -0.3 is 14.4 Å². The first-order valence-electron chi connectivity index (χ1n) is 8.22. The van der Waals surface area contributed by atoms with Gasteiger partial charge in [-0.2, -0.15) is 4.68 Å². The molecule has 9 nitrogen and oxygen atoms in total. The second kappa shape index (κ2) is 9.02. The third-order valence-electron chi connectivity index (χ3n) is 3.04. The minimum atomic E-state index is -1.29. The largest absolute Gasteiger partial charge is 0.465 e. The molecule has 10 heteroatoms. The Morgan fingerprint density at radius 1 is 1.12 bits per heavy atom. The van der Waals surface area contributed by atoms with Crippen LogP contribution in [0.25, 0.3) is 0 Å². The van der Waals surface area contributed by atoms with Crippen LogP contribution in [-0.2, 0) is 24.5 Å². The number of thioether (sulfide) groups is 1. The third-order valence-corrected chi connectivity index (χ3v) is 4.13. The molecule has 0 spiro atoms. The Hall–Kier alpha value is -2.10. The van der Waals surface area contributed by atoms with E-state index in [1.54, 1.807) is 27.9 Å². The number of aromatic nitrogens is 3. The van der Waals surface area contributed by atoms with Gasteiger partial charge in [0.15, 0.2) is 11.0 Å². The SMILES string of the molecule is CCOC(=O)C(Sc1nc(C(C)(C)C)nn1C(=O)N(C)C)C(=O)OCC. The average molecular weight is 386 g/mol. The molecule has 0 aliphatic heterocycles. The van der Waals surface area contributed by atoms with Crippen molar-refractivity contribution in [3.63, 3.8) is 0 Å². The van der Waals surface area contributed by atoms with Crippen molar-refractivity contribution in [1.82, 2.24) is 19.7 Å². The van der Waals surface area contributed by atoms with Crippen molar-refractivity contribution in [2.75, 3.05) is 27.3 Å². The summed E-state index contributed by atoms with van der Waals surface area (Å²) in [5.41, 5.74) is -0.420. The summed E-state index contributed by atoms with van der Waals surface area (Å²) >= 11 is 0.787. The fourth-order valence-corrected chi connectivity index (χ4v) is 2.64. The van der Waals surface area contributed by atoms with Crippen molar-refractivity contribution in [3.8, 4) is 0 Å². The van der Waals surface area contributed by atoms with Gasteiger partial charge in [0.05, 0.1) is 13.2 Å². The maximum atomic E-state index is 12.4. The molecule has 1 heterocycles. The summed E-state index contributed by atoms with van der Waals surface area (Å²) < 4.78 is 11.0. The molecule has 0 saturated heterocycles. The highest BCUT2D eigenvalue weighted by molar-refractivity contribution is 8.01. The zero-order chi connectivity index (χ0) is 20.1. The molecule has 26 heavy (non-hydrogen) atoms. The van der Waals surface area contributed by atoms with Gasteiger partial charge in [0.2, 0.25) is 5.25 Å². The predicted octanol–water partition coefficient (Wildman–Crippen LogP) is 1.69. The van der Waals surface area contributed by atoms with E-state index < -0.39 is 28.6 Å². The number of amides is 1. The van der Waals surface area contributed by atoms with E-state index in [1.807, 2.05) is 20.8 Å². The summed E-state index contributed by atoms with van der Waals surface area (Å²) in [7, 11) is 3.15. The molecule has 0 fully saturated rings. The van der Waals surface area contributed by atoms with Crippen molar-refractivity contribution in [2.24, 2.45) is 0 Å². The molecule has 0 aromatic carbocycles. The molecular formula is C16H26N4O5S. The van der Waals surface area contributed by atoms with Crippen LogP contribution in [0.1, 0.15) is 40.4 Å². The molecule has 146 valence electrons. The van der Waals surface area contributed by atoms with E-state index >= 15 is 0 Å². The molecule has 1 aromatic heterocycles. The summed E-state index contributed by atoms with van der Waals surface area (Å²) in [6, 6.07) is -0.443. The Labute approximate surface area is 157 Å². The fraction of sp³-hybridized carbons (Fsp3) is 0.688. The molecule has 1 aromatic rings. The van der Waals surface area contributed by atoms with Gasteiger partial charge in [-0.3, -0.25) is 9.59 Å². The molecule has 1 amide bonds. The second-order valence-electron chi connectivity index (χ2n) is 6.56. The number of carbonyl (C=O) groups excluding carboxylic acids is 3. The van der Waals surface area contributed by atoms with Crippen molar-refractivity contribution in [2.45, 2.75) is 50.4 Å². The minimum Gasteiger partial charge on any atom is -0.465 e. The number of ether oxygens (including phenoxy) is 2. The van der Waals surface area contributed by atoms with Gasteiger partial charge in [0.1, 0.15) is 0 Å². The molecule has 1 rings (SSSR count). The van der Waals surface area contributed by atoms with Gasteiger partial charge in [-0.25, -0.2) is 9.78 Å². The van der Waals surface area contributed by atoms with Crippen molar-refractivity contribution >= 4 is 29.7 Å². The monoisotopic (exact) mass is 386 g/mol. The second-order valence-corrected chi connectivity index (χ2v) is 7.63. The lowest BCUT2D eigenvalue weighted by Gasteiger charge is -2.15. The zero-order valence-electron chi connectivity index (χ0n) is 16.2. The molecule has 0 bridgehead atoms. The number of hydrogen-bond donors (Lipinski definition) is 0. The lowest BCUT2D eigenvalue weighted by Crippen LogP contribution is -2.33. The highest BCUT2D eigenvalue weighted by Gasteiger charge is 2.35. The average Bonchev–Trinajstić information content (AvgIpc) is 2.96. The van der Waals surface area contributed by atoms with Gasteiger partial charge in [-0.15, -0.1) is 5.10 Å². The topological polar surface area (TPSA) is 104 Å². The fourth-order valence-electron chi connectivity index (χ4n) is 1.74. The van der Waals surface area contributed by atoms with E-state index in [4.69, 9.17) is 9.47 Å². The van der Waals surface area contributed by atoms with Crippen LogP contribution in [0, 0.1) is 0 Å². The summed E-state index contributed by atoms with van der Waals surface area (Å²) in [6.45, 7) is 9.21. The Morgan fingerprint density at radius 2 is 1.62 bits per heavy atom. The van der Waals surface area contributed by atoms with Gasteiger partial charge in [-0.1, -0.05) is 32.5 Å². The van der Waals surface area contributed by atoms with E-state index in [0.717, 1.165) is 16.4 Å². The molecule has 0 N–H and O–H groups in total. The van der Waals surface area contributed by atoms with E-state index in [2.05, 4.69) is 10.1 Å². The minimum absolute atomic E-state index is 0.117. The molecular weight excluding hydrogens is 360 g/mol. The molecule has 0 aliphatic carbocycles. The van der Waals surface area contributed by atoms with Crippen molar-refractivity contribution < 1.29 is 23.9 Å². The Bertz CT molecular complexity index is 648. The molecule has 0 aliphatic rings. The maximum absolute atomic E-state index is 12.4. The molecule has 0 radical (unpaired) electrons. The normalized spacial score (nSPS) is 11.4. The van der Waals surface area contributed by atoms with E-state index in [1.165, 1.54) is 4.90 Å². The lowest BCUT2D eigenvalue weighted by molar-refractivity contribution is -0.152. The van der Waals surface area contributed by atoms with Gasteiger partial charge in [-0.05, 0) is 13.8 Å². The number of nitrogens with zero attached hydrogens (tertiary/aromatic N) is 4. The van der Waals surface area contributed by atoms with Crippen LogP contribution in [0.4, 0.5) is 4.79 Å². The molecule has 0 saturated carbocycles. The Kier molecular flexibility index (Phi) is 7.61. The third kappa shape index (κ3) is 5.45. The van der Waals surface area contributed by atoms with Crippen molar-refractivity contribution in [3.05, 3.63) is 5.82 Å². The first-order valence-corrected chi connectivity index (χ1v) is 9.10. The standard InChI is InChI=1S/C16H26N4O5S/c1-8-24-11(21)10(12(22)25-9-2)26-14-17-13(16(3,4)5)18-20(14)15(23)19(6)7/h10H,8-9H2,1-7H3. The smallest absolute Gasteiger partial charge is 0.346 e. The van der Waals surface area contributed by atoms with Crippen molar-refractivity contribution in [1.29, 1.82) is 0 Å². The highest BCUT2D eigenvalue weighted by Crippen LogP contribution is 2.27. The van der Waals surface area contributed by atoms with E-state index in [-0.39, 0.29) is 18.4 Å². The van der Waals surface area contributed by atoms with Gasteiger partial charge in [0, 0.05) is 19.5 Å². The van der Waals surface area contributed by atoms with Crippen LogP contribution >= 0.6 is 11.8 Å².